The molecule has 0 saturated carbocycles. The fraction of sp³-hybridized carbons (Fsp3) is 0.438. The molecule has 0 unspecified atom stereocenters. The largest absolute Gasteiger partial charge is 0.461 e. The van der Waals surface area contributed by atoms with Gasteiger partial charge in [-0.2, -0.15) is 9.50 Å². The summed E-state index contributed by atoms with van der Waals surface area (Å²) < 4.78 is 6.87. The molecule has 25 heavy (non-hydrogen) atoms. The quantitative estimate of drug-likeness (QED) is 0.613. The molecule has 9 nitrogen and oxygen atoms in total. The van der Waals surface area contributed by atoms with Crippen molar-refractivity contribution >= 4 is 17.4 Å². The van der Waals surface area contributed by atoms with Crippen LogP contribution in [0.25, 0.3) is 17.2 Å². The van der Waals surface area contributed by atoms with Gasteiger partial charge in [0.1, 0.15) is 5.82 Å². The lowest BCUT2D eigenvalue weighted by Crippen LogP contribution is -2.43. The smallest absolute Gasteiger partial charge is 0.225 e. The second kappa shape index (κ2) is 6.69. The van der Waals surface area contributed by atoms with Crippen LogP contribution in [-0.4, -0.2) is 57.0 Å². The highest BCUT2D eigenvalue weighted by molar-refractivity contribution is 5.59. The minimum Gasteiger partial charge on any atom is -0.461 e. The fourth-order valence-corrected chi connectivity index (χ4v) is 3.15. The predicted octanol–water partition coefficient (Wildman–Crippen LogP) is 0.517. The number of aliphatic hydroxyl groups excluding tert-OH is 1. The van der Waals surface area contributed by atoms with E-state index in [1.165, 1.54) is 4.52 Å². The highest BCUT2D eigenvalue weighted by Crippen LogP contribution is 2.23. The van der Waals surface area contributed by atoms with Crippen molar-refractivity contribution in [3.05, 3.63) is 24.5 Å². The summed E-state index contributed by atoms with van der Waals surface area (Å²) in [6.45, 7) is 2.56. The molecule has 4 rings (SSSR count). The van der Waals surface area contributed by atoms with Gasteiger partial charge in [-0.15, -0.1) is 5.10 Å². The highest BCUT2D eigenvalue weighted by Gasteiger charge is 2.21. The van der Waals surface area contributed by atoms with Gasteiger partial charge in [-0.25, -0.2) is 4.98 Å². The maximum Gasteiger partial charge on any atom is 0.225 e. The zero-order valence-electron chi connectivity index (χ0n) is 13.8. The average molecular weight is 343 g/mol. The number of nitrogens with two attached hydrogens (primary N) is 1. The van der Waals surface area contributed by atoms with Crippen LogP contribution in [0.1, 0.15) is 12.8 Å². The van der Waals surface area contributed by atoms with Gasteiger partial charge in [0.2, 0.25) is 11.8 Å². The van der Waals surface area contributed by atoms with Crippen molar-refractivity contribution in [2.45, 2.75) is 18.9 Å². The Balaban J connectivity index is 1.55. The molecule has 1 aliphatic rings. The topological polar surface area (TPSA) is 118 Å². The van der Waals surface area contributed by atoms with E-state index in [9.17, 15) is 0 Å². The summed E-state index contributed by atoms with van der Waals surface area (Å²) in [4.78, 5) is 11.2. The number of nitrogens with one attached hydrogen (secondary N) is 1. The maximum atomic E-state index is 8.91. The zero-order chi connectivity index (χ0) is 17.2. The third-order valence-corrected chi connectivity index (χ3v) is 4.44. The minimum atomic E-state index is 0.167. The number of anilines is 2. The van der Waals surface area contributed by atoms with Gasteiger partial charge >= 0.3 is 0 Å². The monoisotopic (exact) mass is 343 g/mol. The van der Waals surface area contributed by atoms with Gasteiger partial charge in [-0.1, -0.05) is 0 Å². The van der Waals surface area contributed by atoms with E-state index in [-0.39, 0.29) is 6.61 Å². The molecule has 1 aliphatic heterocycles. The molecule has 0 atom stereocenters. The summed E-state index contributed by atoms with van der Waals surface area (Å²) in [6, 6.07) is 5.94. The predicted molar refractivity (Wildman–Crippen MR) is 93.2 cm³/mol. The molecule has 0 bridgehead atoms. The zero-order valence-corrected chi connectivity index (χ0v) is 13.8. The van der Waals surface area contributed by atoms with Crippen molar-refractivity contribution in [2.24, 2.45) is 0 Å². The maximum absolute atomic E-state index is 8.91. The number of aromatic nitrogens is 4. The second-order valence-electron chi connectivity index (χ2n) is 6.09. The number of nitrogen functional groups attached to an aromatic ring is 1. The first-order chi connectivity index (χ1) is 12.2. The fourth-order valence-electron chi connectivity index (χ4n) is 3.15. The molecule has 1 saturated heterocycles. The lowest BCUT2D eigenvalue weighted by atomic mass is 10.1. The molecular formula is C16H21N7O2. The Morgan fingerprint density at radius 2 is 2.16 bits per heavy atom. The van der Waals surface area contributed by atoms with Gasteiger partial charge in [0.15, 0.2) is 11.4 Å². The number of aliphatic hydroxyl groups is 1. The molecule has 0 radical (unpaired) electrons. The van der Waals surface area contributed by atoms with Gasteiger partial charge in [0.05, 0.1) is 12.9 Å². The summed E-state index contributed by atoms with van der Waals surface area (Å²) in [6.07, 6.45) is 3.58. The number of fused-ring (bicyclic) bond motifs is 1. The number of nitrogens with zero attached hydrogens (tertiary/aromatic N) is 5. The third-order valence-electron chi connectivity index (χ3n) is 4.44. The molecule has 3 aromatic rings. The Morgan fingerprint density at radius 1 is 1.32 bits per heavy atom. The Kier molecular flexibility index (Phi) is 4.24. The normalized spacial score (nSPS) is 16.0. The van der Waals surface area contributed by atoms with Crippen LogP contribution < -0.4 is 16.0 Å². The molecule has 0 spiro atoms. The van der Waals surface area contributed by atoms with E-state index in [0.29, 0.717) is 35.8 Å². The molecule has 4 N–H and O–H groups in total. The minimum absolute atomic E-state index is 0.167. The van der Waals surface area contributed by atoms with Gasteiger partial charge < -0.3 is 25.5 Å². The van der Waals surface area contributed by atoms with Crippen molar-refractivity contribution in [3.63, 3.8) is 0 Å². The molecule has 1 fully saturated rings. The number of hydrogen-bond donors (Lipinski definition) is 3. The van der Waals surface area contributed by atoms with Gasteiger partial charge in [0, 0.05) is 31.7 Å². The standard InChI is InChI=1S/C16H21N7O2/c17-16-20-13(22-6-3-11(4-7-22)18-5-8-24)10-14-19-15(21-23(14)16)12-2-1-9-25-12/h1-2,9-11,18,24H,3-8H2,(H2,17,20). The van der Waals surface area contributed by atoms with E-state index in [0.717, 1.165) is 31.7 Å². The van der Waals surface area contributed by atoms with Gasteiger partial charge in [-0.3, -0.25) is 0 Å². The first-order valence-corrected chi connectivity index (χ1v) is 8.41. The molecule has 0 aromatic carbocycles. The van der Waals surface area contributed by atoms with Crippen molar-refractivity contribution in [3.8, 4) is 11.6 Å². The number of hydrogen-bond acceptors (Lipinski definition) is 8. The molecule has 4 heterocycles. The second-order valence-corrected chi connectivity index (χ2v) is 6.09. The molecule has 0 amide bonds. The Labute approximate surface area is 144 Å². The van der Waals surface area contributed by atoms with E-state index in [1.807, 2.05) is 12.1 Å². The van der Waals surface area contributed by atoms with Gasteiger partial charge in [-0.05, 0) is 25.0 Å². The molecule has 0 aliphatic carbocycles. The van der Waals surface area contributed by atoms with Crippen molar-refractivity contribution in [1.29, 1.82) is 0 Å². The van der Waals surface area contributed by atoms with Crippen LogP contribution in [0.2, 0.25) is 0 Å². The third kappa shape index (κ3) is 3.15. The summed E-state index contributed by atoms with van der Waals surface area (Å²) in [5.74, 6) is 2.20. The van der Waals surface area contributed by atoms with Crippen molar-refractivity contribution in [2.75, 3.05) is 36.9 Å². The van der Waals surface area contributed by atoms with E-state index in [1.54, 1.807) is 12.3 Å². The van der Waals surface area contributed by atoms with Crippen LogP contribution in [0.5, 0.6) is 0 Å². The lowest BCUT2D eigenvalue weighted by Gasteiger charge is -2.33. The van der Waals surface area contributed by atoms with E-state index >= 15 is 0 Å². The lowest BCUT2D eigenvalue weighted by molar-refractivity contribution is 0.277. The Bertz CT molecular complexity index is 838. The van der Waals surface area contributed by atoms with Crippen molar-refractivity contribution < 1.29 is 9.52 Å². The highest BCUT2D eigenvalue weighted by atomic mass is 16.3. The van der Waals surface area contributed by atoms with Crippen LogP contribution >= 0.6 is 0 Å². The summed E-state index contributed by atoms with van der Waals surface area (Å²) in [7, 11) is 0. The number of rotatable bonds is 5. The molecular weight excluding hydrogens is 322 g/mol. The molecule has 9 heteroatoms. The van der Waals surface area contributed by atoms with E-state index in [4.69, 9.17) is 15.3 Å². The van der Waals surface area contributed by atoms with Crippen molar-refractivity contribution in [1.82, 2.24) is 24.9 Å². The van der Waals surface area contributed by atoms with E-state index < -0.39 is 0 Å². The van der Waals surface area contributed by atoms with E-state index in [2.05, 4.69) is 25.3 Å². The first-order valence-electron chi connectivity index (χ1n) is 8.41. The van der Waals surface area contributed by atoms with Crippen LogP contribution in [0.15, 0.2) is 28.9 Å². The summed E-state index contributed by atoms with van der Waals surface area (Å²) >= 11 is 0. The Morgan fingerprint density at radius 3 is 2.88 bits per heavy atom. The number of furan rings is 1. The summed E-state index contributed by atoms with van der Waals surface area (Å²) in [5.41, 5.74) is 6.72. The average Bonchev–Trinajstić information content (AvgIpc) is 3.29. The summed E-state index contributed by atoms with van der Waals surface area (Å²) in [5, 5.41) is 16.6. The van der Waals surface area contributed by atoms with Crippen LogP contribution in [0, 0.1) is 0 Å². The van der Waals surface area contributed by atoms with Crippen LogP contribution in [0.3, 0.4) is 0 Å². The van der Waals surface area contributed by atoms with Crippen LogP contribution in [-0.2, 0) is 0 Å². The number of piperidine rings is 1. The molecule has 3 aromatic heterocycles. The Hall–Kier alpha value is -2.65. The van der Waals surface area contributed by atoms with Gasteiger partial charge in [0.25, 0.3) is 0 Å². The first kappa shape index (κ1) is 15.9. The molecule has 132 valence electrons. The SMILES string of the molecule is Nc1nc(N2CCC(NCCO)CC2)cc2nc(-c3ccco3)nn12. The van der Waals surface area contributed by atoms with Crippen LogP contribution in [0.4, 0.5) is 11.8 Å².